The third-order valence-corrected chi connectivity index (χ3v) is 5.84. The van der Waals surface area contributed by atoms with Gasteiger partial charge in [0.05, 0.1) is 0 Å². The highest BCUT2D eigenvalue weighted by Crippen LogP contribution is 2.36. The summed E-state index contributed by atoms with van der Waals surface area (Å²) in [5.74, 6) is 2.04. The van der Waals surface area contributed by atoms with Crippen molar-refractivity contribution in [1.82, 2.24) is 4.90 Å². The van der Waals surface area contributed by atoms with E-state index in [0.717, 1.165) is 50.4 Å². The van der Waals surface area contributed by atoms with Crippen LogP contribution in [-0.4, -0.2) is 43.8 Å². The lowest BCUT2D eigenvalue weighted by molar-refractivity contribution is 0.0968. The molecule has 0 bridgehead atoms. The van der Waals surface area contributed by atoms with Crippen LogP contribution in [0.4, 0.5) is 4.39 Å². The van der Waals surface area contributed by atoms with Gasteiger partial charge in [0.2, 0.25) is 0 Å². The number of hydrogen-bond acceptors (Lipinski definition) is 4. The van der Waals surface area contributed by atoms with Crippen molar-refractivity contribution in [3.05, 3.63) is 59.4 Å². The summed E-state index contributed by atoms with van der Waals surface area (Å²) in [6.45, 7) is 4.28. The summed E-state index contributed by atoms with van der Waals surface area (Å²) >= 11 is 0. The average Bonchev–Trinajstić information content (AvgIpc) is 3.11. The molecule has 1 aliphatic heterocycles. The first-order valence-corrected chi connectivity index (χ1v) is 10.3. The number of halogens is 1. The Morgan fingerprint density at radius 2 is 1.75 bits per heavy atom. The molecule has 1 unspecified atom stereocenters. The van der Waals surface area contributed by atoms with Crippen LogP contribution in [0.1, 0.15) is 36.3 Å². The van der Waals surface area contributed by atoms with Gasteiger partial charge in [0.15, 0.2) is 0 Å². The molecule has 1 aliphatic carbocycles. The lowest BCUT2D eigenvalue weighted by Crippen LogP contribution is -2.40. The number of likely N-dealkylation sites (tertiary alicyclic amines) is 1. The molecule has 1 heterocycles. The molecule has 1 saturated heterocycles. The monoisotopic (exact) mass is 384 g/mol. The second kappa shape index (κ2) is 8.93. The molecule has 5 heteroatoms. The number of ether oxygens (including phenoxy) is 2. The first-order chi connectivity index (χ1) is 13.7. The van der Waals surface area contributed by atoms with E-state index in [9.17, 15) is 4.39 Å². The fraction of sp³-hybridized carbons (Fsp3) is 0.478. The van der Waals surface area contributed by atoms with E-state index in [1.807, 2.05) is 0 Å². The quantitative estimate of drug-likeness (QED) is 0.790. The zero-order chi connectivity index (χ0) is 19.3. The Morgan fingerprint density at radius 3 is 2.50 bits per heavy atom. The fourth-order valence-corrected chi connectivity index (χ4v) is 4.35. The molecule has 2 aromatic rings. The molecular formula is C23H29FN2O2. The van der Waals surface area contributed by atoms with Crippen molar-refractivity contribution in [2.45, 2.75) is 37.7 Å². The lowest BCUT2D eigenvalue weighted by atomic mass is 9.98. The van der Waals surface area contributed by atoms with E-state index in [0.29, 0.717) is 19.1 Å². The maximum absolute atomic E-state index is 13.0. The number of nitrogens with two attached hydrogens (primary N) is 1. The topological polar surface area (TPSA) is 47.7 Å². The van der Waals surface area contributed by atoms with Crippen molar-refractivity contribution in [3.8, 4) is 11.5 Å². The van der Waals surface area contributed by atoms with E-state index in [-0.39, 0.29) is 11.9 Å². The Hall–Kier alpha value is -2.11. The van der Waals surface area contributed by atoms with Gasteiger partial charge < -0.3 is 20.1 Å². The number of aryl methyl sites for hydroxylation is 1. The Morgan fingerprint density at radius 1 is 1.00 bits per heavy atom. The second-order valence-electron chi connectivity index (χ2n) is 7.81. The predicted molar refractivity (Wildman–Crippen MR) is 109 cm³/mol. The van der Waals surface area contributed by atoms with E-state index >= 15 is 0 Å². The number of piperidine rings is 1. The Balaban J connectivity index is 1.29. The van der Waals surface area contributed by atoms with Crippen molar-refractivity contribution in [2.24, 2.45) is 5.73 Å². The molecule has 2 aromatic carbocycles. The van der Waals surface area contributed by atoms with E-state index in [1.165, 1.54) is 29.7 Å². The summed E-state index contributed by atoms with van der Waals surface area (Å²) in [7, 11) is 0. The largest absolute Gasteiger partial charge is 0.492 e. The summed E-state index contributed by atoms with van der Waals surface area (Å²) < 4.78 is 24.8. The van der Waals surface area contributed by atoms with Gasteiger partial charge in [0.1, 0.15) is 30.0 Å². The van der Waals surface area contributed by atoms with E-state index < -0.39 is 0 Å². The van der Waals surface area contributed by atoms with Gasteiger partial charge >= 0.3 is 0 Å². The maximum atomic E-state index is 13.0. The molecule has 28 heavy (non-hydrogen) atoms. The van der Waals surface area contributed by atoms with E-state index in [1.54, 1.807) is 12.1 Å². The van der Waals surface area contributed by atoms with Crippen LogP contribution in [0.5, 0.6) is 11.5 Å². The third-order valence-electron chi connectivity index (χ3n) is 5.84. The van der Waals surface area contributed by atoms with Crippen molar-refractivity contribution >= 4 is 0 Å². The first kappa shape index (κ1) is 19.2. The third kappa shape index (κ3) is 4.65. The van der Waals surface area contributed by atoms with Crippen LogP contribution in [0.3, 0.4) is 0 Å². The maximum Gasteiger partial charge on any atom is 0.123 e. The zero-order valence-electron chi connectivity index (χ0n) is 16.3. The molecule has 2 N–H and O–H groups in total. The van der Waals surface area contributed by atoms with Crippen LogP contribution in [0, 0.1) is 5.82 Å². The van der Waals surface area contributed by atoms with Gasteiger partial charge in [-0.3, -0.25) is 0 Å². The molecule has 0 aromatic heterocycles. The van der Waals surface area contributed by atoms with Crippen LogP contribution in [0.2, 0.25) is 0 Å². The number of benzene rings is 2. The first-order valence-electron chi connectivity index (χ1n) is 10.3. The van der Waals surface area contributed by atoms with Crippen molar-refractivity contribution in [1.29, 1.82) is 0 Å². The Labute approximate surface area is 166 Å². The number of rotatable bonds is 7. The fourth-order valence-electron chi connectivity index (χ4n) is 4.35. The average molecular weight is 384 g/mol. The molecular weight excluding hydrogens is 355 g/mol. The minimum atomic E-state index is -0.226. The van der Waals surface area contributed by atoms with E-state index in [2.05, 4.69) is 23.1 Å². The summed E-state index contributed by atoms with van der Waals surface area (Å²) in [5, 5.41) is 0. The van der Waals surface area contributed by atoms with Crippen molar-refractivity contribution in [2.75, 3.05) is 32.8 Å². The van der Waals surface area contributed by atoms with E-state index in [4.69, 9.17) is 15.2 Å². The van der Waals surface area contributed by atoms with Crippen molar-refractivity contribution in [3.63, 3.8) is 0 Å². The Bertz CT molecular complexity index is 773. The summed E-state index contributed by atoms with van der Waals surface area (Å²) in [4.78, 5) is 2.55. The van der Waals surface area contributed by atoms with Crippen LogP contribution in [0.25, 0.3) is 0 Å². The molecule has 150 valence electrons. The normalized spacial score (nSPS) is 20.1. The molecule has 0 radical (unpaired) electrons. The Kier molecular flexibility index (Phi) is 6.13. The van der Waals surface area contributed by atoms with Gasteiger partial charge in [-0.25, -0.2) is 4.39 Å². The van der Waals surface area contributed by atoms with Crippen molar-refractivity contribution < 1.29 is 13.9 Å². The van der Waals surface area contributed by atoms with Gasteiger partial charge in [-0.1, -0.05) is 6.07 Å². The summed E-state index contributed by atoms with van der Waals surface area (Å²) in [5.41, 5.74) is 8.45. The molecule has 1 atom stereocenters. The van der Waals surface area contributed by atoms with Crippen LogP contribution in [-0.2, 0) is 6.42 Å². The van der Waals surface area contributed by atoms with Gasteiger partial charge in [0, 0.05) is 26.2 Å². The lowest BCUT2D eigenvalue weighted by Gasteiger charge is -2.33. The molecule has 0 saturated carbocycles. The summed E-state index contributed by atoms with van der Waals surface area (Å²) in [6.07, 6.45) is 4.60. The minimum absolute atomic E-state index is 0.217. The van der Waals surface area contributed by atoms with Gasteiger partial charge in [-0.05, 0) is 79.1 Å². The molecule has 4 nitrogen and oxygen atoms in total. The van der Waals surface area contributed by atoms with Crippen LogP contribution < -0.4 is 15.2 Å². The summed E-state index contributed by atoms with van der Waals surface area (Å²) in [6, 6.07) is 12.8. The standard InChI is InChI=1S/C23H29FN2O2/c24-19-4-7-20(8-5-19)28-21-9-12-26(13-10-21)16-18-2-1-17-3-6-22(15-23(17)18)27-14-11-25/h3-8,15,18,21H,1-2,9-14,16,25H2. The number of nitrogens with zero attached hydrogens (tertiary/aromatic N) is 1. The second-order valence-corrected chi connectivity index (χ2v) is 7.81. The smallest absolute Gasteiger partial charge is 0.123 e. The van der Waals surface area contributed by atoms with Crippen LogP contribution >= 0.6 is 0 Å². The number of fused-ring (bicyclic) bond motifs is 1. The zero-order valence-corrected chi connectivity index (χ0v) is 16.3. The predicted octanol–water partition coefficient (Wildman–Crippen LogP) is 3.74. The molecule has 2 aliphatic rings. The highest BCUT2D eigenvalue weighted by Gasteiger charge is 2.27. The van der Waals surface area contributed by atoms with Gasteiger partial charge in [0.25, 0.3) is 0 Å². The minimum Gasteiger partial charge on any atom is -0.492 e. The molecule has 0 amide bonds. The van der Waals surface area contributed by atoms with Gasteiger partial charge in [-0.2, -0.15) is 0 Å². The molecule has 0 spiro atoms. The van der Waals surface area contributed by atoms with Crippen LogP contribution in [0.15, 0.2) is 42.5 Å². The highest BCUT2D eigenvalue weighted by atomic mass is 19.1. The van der Waals surface area contributed by atoms with Gasteiger partial charge in [-0.15, -0.1) is 0 Å². The molecule has 1 fully saturated rings. The number of hydrogen-bond donors (Lipinski definition) is 1. The molecule has 4 rings (SSSR count). The highest BCUT2D eigenvalue weighted by molar-refractivity contribution is 5.41. The SMILES string of the molecule is NCCOc1ccc2c(c1)C(CN1CCC(Oc3ccc(F)cc3)CC1)CC2.